The highest BCUT2D eigenvalue weighted by molar-refractivity contribution is 8.00. The van der Waals surface area contributed by atoms with Crippen molar-refractivity contribution in [3.05, 3.63) is 48.0 Å². The lowest BCUT2D eigenvalue weighted by Crippen LogP contribution is -2.22. The van der Waals surface area contributed by atoms with Gasteiger partial charge < -0.3 is 14.8 Å². The number of hydrogen-bond acceptors (Lipinski definition) is 5. The van der Waals surface area contributed by atoms with Gasteiger partial charge in [-0.25, -0.2) is 0 Å². The van der Waals surface area contributed by atoms with E-state index in [-0.39, 0.29) is 11.2 Å². The maximum absolute atomic E-state index is 12.4. The van der Waals surface area contributed by atoms with Gasteiger partial charge in [-0.15, -0.1) is 11.8 Å². The van der Waals surface area contributed by atoms with Gasteiger partial charge in [0.05, 0.1) is 30.1 Å². The Morgan fingerprint density at radius 2 is 2.00 bits per heavy atom. The number of nitrogens with one attached hydrogen (secondary N) is 1. The molecule has 1 amide bonds. The molecular weight excluding hydrogens is 336 g/mol. The van der Waals surface area contributed by atoms with Crippen molar-refractivity contribution >= 4 is 23.4 Å². The molecular formula is C19H18N2O3S. The number of rotatable bonds is 4. The number of carbonyl (C=O) groups is 1. The maximum Gasteiger partial charge on any atom is 0.237 e. The third-order valence-electron chi connectivity index (χ3n) is 3.66. The summed E-state index contributed by atoms with van der Waals surface area (Å²) in [4.78, 5) is 13.3. The Kier molecular flexibility index (Phi) is 5.46. The van der Waals surface area contributed by atoms with Gasteiger partial charge in [-0.1, -0.05) is 6.07 Å². The van der Waals surface area contributed by atoms with Crippen molar-refractivity contribution in [3.8, 4) is 17.6 Å². The Balaban J connectivity index is 1.65. The summed E-state index contributed by atoms with van der Waals surface area (Å²) in [5.41, 5.74) is 1.14. The Morgan fingerprint density at radius 1 is 1.20 bits per heavy atom. The Hall–Kier alpha value is -2.65. The molecule has 25 heavy (non-hydrogen) atoms. The molecule has 1 atom stereocenters. The molecule has 0 bridgehead atoms. The molecule has 3 rings (SSSR count). The van der Waals surface area contributed by atoms with Gasteiger partial charge in [0.15, 0.2) is 11.5 Å². The first-order valence-electron chi connectivity index (χ1n) is 8.03. The molecule has 2 aromatic rings. The minimum Gasteiger partial charge on any atom is -0.490 e. The van der Waals surface area contributed by atoms with E-state index in [0.29, 0.717) is 24.5 Å². The standard InChI is InChI=1S/C19H18N2O3S/c1-13(19(22)21-15-5-2-4-14(10-15)12-20)25-16-6-7-17-18(11-16)24-9-3-8-23-17/h2,4-7,10-11,13H,3,8-9H2,1H3,(H,21,22). The van der Waals surface area contributed by atoms with Crippen LogP contribution in [0.4, 0.5) is 5.69 Å². The zero-order chi connectivity index (χ0) is 17.6. The highest BCUT2D eigenvalue weighted by Gasteiger charge is 2.17. The predicted molar refractivity (Wildman–Crippen MR) is 97.2 cm³/mol. The molecule has 0 spiro atoms. The molecule has 128 valence electrons. The summed E-state index contributed by atoms with van der Waals surface area (Å²) in [5.74, 6) is 1.34. The number of benzene rings is 2. The molecule has 0 aliphatic carbocycles. The Labute approximate surface area is 150 Å². The van der Waals surface area contributed by atoms with E-state index in [0.717, 1.165) is 22.8 Å². The Bertz CT molecular complexity index is 817. The molecule has 0 radical (unpaired) electrons. The summed E-state index contributed by atoms with van der Waals surface area (Å²) < 4.78 is 11.3. The fraction of sp³-hybridized carbons (Fsp3) is 0.263. The number of ether oxygens (including phenoxy) is 2. The van der Waals surface area contributed by atoms with Crippen LogP contribution in [-0.2, 0) is 4.79 Å². The molecule has 0 fully saturated rings. The van der Waals surface area contributed by atoms with Gasteiger partial charge in [-0.05, 0) is 43.3 Å². The molecule has 5 nitrogen and oxygen atoms in total. The maximum atomic E-state index is 12.4. The van der Waals surface area contributed by atoms with Gasteiger partial charge in [-0.2, -0.15) is 5.26 Å². The number of nitriles is 1. The summed E-state index contributed by atoms with van der Waals surface area (Å²) in [6, 6.07) is 14.6. The van der Waals surface area contributed by atoms with Crippen LogP contribution in [0.5, 0.6) is 11.5 Å². The fourth-order valence-corrected chi connectivity index (χ4v) is 3.28. The molecule has 1 unspecified atom stereocenters. The second kappa shape index (κ2) is 7.95. The van der Waals surface area contributed by atoms with E-state index >= 15 is 0 Å². The second-order valence-corrected chi connectivity index (χ2v) is 7.02. The quantitative estimate of drug-likeness (QED) is 0.845. The van der Waals surface area contributed by atoms with E-state index in [4.69, 9.17) is 14.7 Å². The molecule has 1 N–H and O–H groups in total. The van der Waals surface area contributed by atoms with Crippen molar-refractivity contribution in [2.45, 2.75) is 23.5 Å². The van der Waals surface area contributed by atoms with Crippen molar-refractivity contribution in [2.24, 2.45) is 0 Å². The highest BCUT2D eigenvalue weighted by atomic mass is 32.2. The van der Waals surface area contributed by atoms with E-state index in [1.807, 2.05) is 25.1 Å². The highest BCUT2D eigenvalue weighted by Crippen LogP contribution is 2.35. The molecule has 1 heterocycles. The number of hydrogen-bond donors (Lipinski definition) is 1. The van der Waals surface area contributed by atoms with Gasteiger partial charge >= 0.3 is 0 Å². The largest absolute Gasteiger partial charge is 0.490 e. The summed E-state index contributed by atoms with van der Waals surface area (Å²) in [7, 11) is 0. The predicted octanol–water partition coefficient (Wildman–Crippen LogP) is 3.84. The molecule has 6 heteroatoms. The van der Waals surface area contributed by atoms with E-state index in [9.17, 15) is 4.79 Å². The number of anilines is 1. The van der Waals surface area contributed by atoms with Gasteiger partial charge in [-0.3, -0.25) is 4.79 Å². The second-order valence-electron chi connectivity index (χ2n) is 5.60. The van der Waals surface area contributed by atoms with Crippen LogP contribution in [0.1, 0.15) is 18.9 Å². The third-order valence-corrected chi connectivity index (χ3v) is 4.75. The number of nitrogens with zero attached hydrogens (tertiary/aromatic N) is 1. The smallest absolute Gasteiger partial charge is 0.237 e. The van der Waals surface area contributed by atoms with Crippen molar-refractivity contribution in [1.82, 2.24) is 0 Å². The summed E-state index contributed by atoms with van der Waals surface area (Å²) in [6.45, 7) is 3.13. The summed E-state index contributed by atoms with van der Waals surface area (Å²) >= 11 is 1.45. The molecule has 0 saturated carbocycles. The van der Waals surface area contributed by atoms with E-state index in [2.05, 4.69) is 11.4 Å². The normalized spacial score (nSPS) is 14.1. The van der Waals surface area contributed by atoms with Crippen molar-refractivity contribution in [2.75, 3.05) is 18.5 Å². The summed E-state index contributed by atoms with van der Waals surface area (Å²) in [5, 5.41) is 11.5. The number of fused-ring (bicyclic) bond motifs is 1. The van der Waals surface area contributed by atoms with Gasteiger partial charge in [0.1, 0.15) is 0 Å². The van der Waals surface area contributed by atoms with Crippen LogP contribution in [0.3, 0.4) is 0 Å². The van der Waals surface area contributed by atoms with Crippen LogP contribution in [0.15, 0.2) is 47.4 Å². The Morgan fingerprint density at radius 3 is 2.80 bits per heavy atom. The van der Waals surface area contributed by atoms with E-state index in [1.54, 1.807) is 24.3 Å². The molecule has 1 aliphatic heterocycles. The molecule has 0 saturated heterocycles. The monoisotopic (exact) mass is 354 g/mol. The first-order chi connectivity index (χ1) is 12.2. The summed E-state index contributed by atoms with van der Waals surface area (Å²) in [6.07, 6.45) is 0.859. The van der Waals surface area contributed by atoms with Crippen molar-refractivity contribution in [1.29, 1.82) is 5.26 Å². The van der Waals surface area contributed by atoms with Crippen molar-refractivity contribution < 1.29 is 14.3 Å². The lowest BCUT2D eigenvalue weighted by Gasteiger charge is -2.14. The zero-order valence-corrected chi connectivity index (χ0v) is 14.6. The fourth-order valence-electron chi connectivity index (χ4n) is 2.38. The molecule has 0 aromatic heterocycles. The average Bonchev–Trinajstić information content (AvgIpc) is 2.86. The first kappa shape index (κ1) is 17.2. The minimum absolute atomic E-state index is 0.118. The third kappa shape index (κ3) is 4.46. The van der Waals surface area contributed by atoms with Gasteiger partial charge in [0.25, 0.3) is 0 Å². The SMILES string of the molecule is CC(Sc1ccc2c(c1)OCCCO2)C(=O)Nc1cccc(C#N)c1. The van der Waals surface area contributed by atoms with Crippen LogP contribution < -0.4 is 14.8 Å². The molecule has 1 aliphatic rings. The van der Waals surface area contributed by atoms with Crippen LogP contribution >= 0.6 is 11.8 Å². The zero-order valence-electron chi connectivity index (χ0n) is 13.8. The lowest BCUT2D eigenvalue weighted by molar-refractivity contribution is -0.115. The number of thioether (sulfide) groups is 1. The van der Waals surface area contributed by atoms with Crippen LogP contribution in [0, 0.1) is 11.3 Å². The molecule has 2 aromatic carbocycles. The topological polar surface area (TPSA) is 71.3 Å². The van der Waals surface area contributed by atoms with Crippen LogP contribution in [-0.4, -0.2) is 24.4 Å². The first-order valence-corrected chi connectivity index (χ1v) is 8.91. The van der Waals surface area contributed by atoms with Crippen LogP contribution in [0.2, 0.25) is 0 Å². The van der Waals surface area contributed by atoms with E-state index in [1.165, 1.54) is 11.8 Å². The van der Waals surface area contributed by atoms with Crippen molar-refractivity contribution in [3.63, 3.8) is 0 Å². The minimum atomic E-state index is -0.296. The van der Waals surface area contributed by atoms with Gasteiger partial charge in [0.2, 0.25) is 5.91 Å². The lowest BCUT2D eigenvalue weighted by atomic mass is 10.2. The number of carbonyl (C=O) groups excluding carboxylic acids is 1. The average molecular weight is 354 g/mol. The van der Waals surface area contributed by atoms with E-state index < -0.39 is 0 Å². The van der Waals surface area contributed by atoms with Crippen LogP contribution in [0.25, 0.3) is 0 Å². The number of amides is 1. The van der Waals surface area contributed by atoms with Gasteiger partial charge in [0, 0.05) is 17.0 Å².